The summed E-state index contributed by atoms with van der Waals surface area (Å²) in [5, 5.41) is 2.87. The maximum atomic E-state index is 12.5. The summed E-state index contributed by atoms with van der Waals surface area (Å²) in [6.07, 6.45) is 2.41. The van der Waals surface area contributed by atoms with Gasteiger partial charge in [0.15, 0.2) is 0 Å². The number of para-hydroxylation sites is 2. The van der Waals surface area contributed by atoms with Gasteiger partial charge in [0.05, 0.1) is 23.8 Å². The normalized spacial score (nSPS) is 19.0. The minimum atomic E-state index is -3.37. The summed E-state index contributed by atoms with van der Waals surface area (Å²) in [6.45, 7) is 4.82. The predicted octanol–water partition coefficient (Wildman–Crippen LogP) is 1.66. The second-order valence-corrected chi connectivity index (χ2v) is 8.67. The SMILES string of the molecule is CC(C)n1c(CNC(=O)C2CCCN2S(C)(=O)=O)nc2ccccc21. The largest absolute Gasteiger partial charge is 0.347 e. The number of benzene rings is 1. The minimum Gasteiger partial charge on any atom is -0.347 e. The Balaban J connectivity index is 1.79. The molecule has 2 aromatic rings. The second kappa shape index (κ2) is 6.76. The molecule has 1 aliphatic rings. The molecule has 1 aliphatic heterocycles. The highest BCUT2D eigenvalue weighted by Crippen LogP contribution is 2.22. The van der Waals surface area contributed by atoms with Crippen LogP contribution in [0.15, 0.2) is 24.3 Å². The van der Waals surface area contributed by atoms with E-state index in [2.05, 4.69) is 28.7 Å². The fourth-order valence-corrected chi connectivity index (χ4v) is 4.60. The van der Waals surface area contributed by atoms with Gasteiger partial charge in [-0.2, -0.15) is 4.31 Å². The van der Waals surface area contributed by atoms with Crippen LogP contribution in [-0.2, 0) is 21.4 Å². The Morgan fingerprint density at radius 1 is 1.36 bits per heavy atom. The molecule has 1 fully saturated rings. The van der Waals surface area contributed by atoms with Crippen LogP contribution in [0.2, 0.25) is 0 Å². The van der Waals surface area contributed by atoms with Crippen LogP contribution in [0.3, 0.4) is 0 Å². The van der Waals surface area contributed by atoms with Crippen LogP contribution in [0.5, 0.6) is 0 Å². The van der Waals surface area contributed by atoms with Gasteiger partial charge in [0.2, 0.25) is 15.9 Å². The third kappa shape index (κ3) is 3.55. The lowest BCUT2D eigenvalue weighted by Crippen LogP contribution is -2.45. The van der Waals surface area contributed by atoms with E-state index in [0.29, 0.717) is 19.4 Å². The third-order valence-electron chi connectivity index (χ3n) is 4.54. The van der Waals surface area contributed by atoms with Gasteiger partial charge in [-0.15, -0.1) is 0 Å². The molecular formula is C17H24N4O3S. The fourth-order valence-electron chi connectivity index (χ4n) is 3.48. The van der Waals surface area contributed by atoms with Crippen LogP contribution in [0.25, 0.3) is 11.0 Å². The highest BCUT2D eigenvalue weighted by Gasteiger charge is 2.36. The van der Waals surface area contributed by atoms with Gasteiger partial charge >= 0.3 is 0 Å². The fraction of sp³-hybridized carbons (Fsp3) is 0.529. The van der Waals surface area contributed by atoms with Gasteiger partial charge in [0.1, 0.15) is 11.9 Å². The van der Waals surface area contributed by atoms with Crippen molar-refractivity contribution in [1.82, 2.24) is 19.2 Å². The number of imidazole rings is 1. The average molecular weight is 364 g/mol. The quantitative estimate of drug-likeness (QED) is 0.874. The lowest BCUT2D eigenvalue weighted by Gasteiger charge is -2.21. The molecule has 1 amide bonds. The Hall–Kier alpha value is -1.93. The van der Waals surface area contributed by atoms with E-state index in [1.165, 1.54) is 4.31 Å². The van der Waals surface area contributed by atoms with E-state index in [1.54, 1.807) is 0 Å². The van der Waals surface area contributed by atoms with Crippen molar-refractivity contribution in [2.45, 2.75) is 45.3 Å². The van der Waals surface area contributed by atoms with E-state index < -0.39 is 16.1 Å². The van der Waals surface area contributed by atoms with Crippen LogP contribution in [0.4, 0.5) is 0 Å². The number of amides is 1. The van der Waals surface area contributed by atoms with Crippen molar-refractivity contribution in [3.8, 4) is 0 Å². The summed E-state index contributed by atoms with van der Waals surface area (Å²) in [6, 6.07) is 7.45. The summed E-state index contributed by atoms with van der Waals surface area (Å²) < 4.78 is 27.0. The lowest BCUT2D eigenvalue weighted by atomic mass is 10.2. The standard InChI is InChI=1S/C17H24N4O3S/c1-12(2)21-14-8-5-4-7-13(14)19-16(21)11-18-17(22)15-9-6-10-20(15)25(3,23)24/h4-5,7-8,12,15H,6,9-11H2,1-3H3,(H,18,22). The van der Waals surface area contributed by atoms with Crippen LogP contribution in [-0.4, -0.2) is 47.0 Å². The van der Waals surface area contributed by atoms with Crippen molar-refractivity contribution in [3.63, 3.8) is 0 Å². The van der Waals surface area contributed by atoms with Gasteiger partial charge in [0, 0.05) is 12.6 Å². The molecule has 1 N–H and O–H groups in total. The van der Waals surface area contributed by atoms with E-state index in [-0.39, 0.29) is 18.5 Å². The second-order valence-electron chi connectivity index (χ2n) is 6.73. The summed E-state index contributed by atoms with van der Waals surface area (Å²) in [4.78, 5) is 17.1. The molecule has 0 spiro atoms. The first-order valence-corrected chi connectivity index (χ1v) is 10.3. The molecule has 1 saturated heterocycles. The maximum Gasteiger partial charge on any atom is 0.238 e. The van der Waals surface area contributed by atoms with Crippen molar-refractivity contribution < 1.29 is 13.2 Å². The van der Waals surface area contributed by atoms with Crippen molar-refractivity contribution in [1.29, 1.82) is 0 Å². The minimum absolute atomic E-state index is 0.207. The zero-order valence-electron chi connectivity index (χ0n) is 14.8. The number of hydrogen-bond donors (Lipinski definition) is 1. The Bertz CT molecular complexity index is 888. The molecule has 0 bridgehead atoms. The number of carbonyl (C=O) groups is 1. The highest BCUT2D eigenvalue weighted by atomic mass is 32.2. The number of fused-ring (bicyclic) bond motifs is 1. The molecule has 0 radical (unpaired) electrons. The van der Waals surface area contributed by atoms with Crippen molar-refractivity contribution in [2.24, 2.45) is 0 Å². The highest BCUT2D eigenvalue weighted by molar-refractivity contribution is 7.88. The van der Waals surface area contributed by atoms with Crippen LogP contribution < -0.4 is 5.32 Å². The lowest BCUT2D eigenvalue weighted by molar-refractivity contribution is -0.124. The molecule has 3 rings (SSSR count). The number of nitrogens with one attached hydrogen (secondary N) is 1. The zero-order chi connectivity index (χ0) is 18.2. The topological polar surface area (TPSA) is 84.3 Å². The molecule has 0 saturated carbocycles. The zero-order valence-corrected chi connectivity index (χ0v) is 15.6. The molecule has 8 heteroatoms. The summed E-state index contributed by atoms with van der Waals surface area (Å²) in [7, 11) is -3.37. The van der Waals surface area contributed by atoms with E-state index in [0.717, 1.165) is 23.1 Å². The Labute approximate surface area is 148 Å². The molecule has 1 aromatic carbocycles. The predicted molar refractivity (Wildman–Crippen MR) is 96.5 cm³/mol. The van der Waals surface area contributed by atoms with E-state index >= 15 is 0 Å². The van der Waals surface area contributed by atoms with Crippen molar-refractivity contribution in [3.05, 3.63) is 30.1 Å². The summed E-state index contributed by atoms with van der Waals surface area (Å²) in [5.41, 5.74) is 1.92. The molecule has 1 unspecified atom stereocenters. The van der Waals surface area contributed by atoms with Gasteiger partial charge in [-0.3, -0.25) is 4.79 Å². The molecule has 7 nitrogen and oxygen atoms in total. The average Bonchev–Trinajstić information content (AvgIpc) is 3.16. The molecule has 0 aliphatic carbocycles. The monoisotopic (exact) mass is 364 g/mol. The Morgan fingerprint density at radius 3 is 2.76 bits per heavy atom. The molecule has 2 heterocycles. The Kier molecular flexibility index (Phi) is 4.83. The van der Waals surface area contributed by atoms with Gasteiger partial charge < -0.3 is 9.88 Å². The van der Waals surface area contributed by atoms with Gasteiger partial charge in [-0.05, 0) is 38.8 Å². The summed E-state index contributed by atoms with van der Waals surface area (Å²) >= 11 is 0. The van der Waals surface area contributed by atoms with E-state index in [4.69, 9.17) is 0 Å². The first-order valence-electron chi connectivity index (χ1n) is 8.49. The molecule has 25 heavy (non-hydrogen) atoms. The first kappa shape index (κ1) is 17.9. The molecular weight excluding hydrogens is 340 g/mol. The van der Waals surface area contributed by atoms with Crippen molar-refractivity contribution >= 4 is 27.0 Å². The number of aromatic nitrogens is 2. The van der Waals surface area contributed by atoms with Gasteiger partial charge in [0.25, 0.3) is 0 Å². The maximum absolute atomic E-state index is 12.5. The van der Waals surface area contributed by atoms with Crippen LogP contribution >= 0.6 is 0 Å². The number of hydrogen-bond acceptors (Lipinski definition) is 4. The van der Waals surface area contributed by atoms with Crippen LogP contribution in [0.1, 0.15) is 38.6 Å². The van der Waals surface area contributed by atoms with Gasteiger partial charge in [-0.25, -0.2) is 13.4 Å². The number of sulfonamides is 1. The molecule has 1 atom stereocenters. The third-order valence-corrected chi connectivity index (χ3v) is 5.83. The molecule has 136 valence electrons. The smallest absolute Gasteiger partial charge is 0.238 e. The molecule has 1 aromatic heterocycles. The number of nitrogens with zero attached hydrogens (tertiary/aromatic N) is 3. The van der Waals surface area contributed by atoms with E-state index in [1.807, 2.05) is 24.3 Å². The van der Waals surface area contributed by atoms with Crippen molar-refractivity contribution in [2.75, 3.05) is 12.8 Å². The number of carbonyl (C=O) groups excluding carboxylic acids is 1. The number of rotatable bonds is 5. The van der Waals surface area contributed by atoms with Gasteiger partial charge in [-0.1, -0.05) is 12.1 Å². The summed E-state index contributed by atoms with van der Waals surface area (Å²) in [5.74, 6) is 0.513. The van der Waals surface area contributed by atoms with E-state index in [9.17, 15) is 13.2 Å². The van der Waals surface area contributed by atoms with Crippen LogP contribution in [0, 0.1) is 0 Å². The Morgan fingerprint density at radius 2 is 2.08 bits per heavy atom. The first-order chi connectivity index (χ1) is 11.8.